The number of aromatic nitrogens is 5. The number of aliphatic carboxylic acids is 1. The summed E-state index contributed by atoms with van der Waals surface area (Å²) in [4.78, 5) is 10.7. The van der Waals surface area contributed by atoms with Gasteiger partial charge in [0.05, 0.1) is 5.75 Å². The molecule has 0 saturated carbocycles. The van der Waals surface area contributed by atoms with Gasteiger partial charge in [0.2, 0.25) is 0 Å². The van der Waals surface area contributed by atoms with Crippen LogP contribution < -0.4 is 0 Å². The third-order valence-electron chi connectivity index (χ3n) is 2.43. The van der Waals surface area contributed by atoms with Gasteiger partial charge in [-0.3, -0.25) is 14.0 Å². The molecule has 0 atom stereocenters. The van der Waals surface area contributed by atoms with Crippen molar-refractivity contribution in [2.45, 2.75) is 24.9 Å². The Morgan fingerprint density at radius 3 is 2.84 bits per heavy atom. The number of carboxylic acid groups (broad SMARTS) is 1. The zero-order chi connectivity index (χ0) is 13.8. The largest absolute Gasteiger partial charge is 0.481 e. The Bertz CT molecular complexity index is 577. The topological polar surface area (TPSA) is 85.8 Å². The minimum atomic E-state index is -0.877. The minimum absolute atomic E-state index is 0.0446. The smallest absolute Gasteiger partial charge is 0.313 e. The van der Waals surface area contributed by atoms with Crippen LogP contribution >= 0.6 is 11.8 Å². The van der Waals surface area contributed by atoms with E-state index in [0.717, 1.165) is 30.4 Å². The summed E-state index contributed by atoms with van der Waals surface area (Å²) >= 11 is 1.15. The predicted molar refractivity (Wildman–Crippen MR) is 70.5 cm³/mol. The second kappa shape index (κ2) is 5.87. The van der Waals surface area contributed by atoms with E-state index in [9.17, 15) is 4.79 Å². The molecule has 102 valence electrons. The maximum atomic E-state index is 10.7. The molecule has 0 aliphatic heterocycles. The number of nitrogens with zero attached hydrogens (tertiary/aromatic N) is 5. The lowest BCUT2D eigenvalue weighted by molar-refractivity contribution is -0.133. The molecule has 1 N–H and O–H groups in total. The summed E-state index contributed by atoms with van der Waals surface area (Å²) in [6.45, 7) is 2.06. The van der Waals surface area contributed by atoms with E-state index < -0.39 is 5.97 Å². The van der Waals surface area contributed by atoms with Gasteiger partial charge in [-0.15, -0.1) is 10.2 Å². The molecule has 0 aliphatic rings. The summed E-state index contributed by atoms with van der Waals surface area (Å²) < 4.78 is 3.51. The van der Waals surface area contributed by atoms with Crippen molar-refractivity contribution in [3.63, 3.8) is 0 Å². The SMILES string of the molecule is CCCc1nnc(SCC(=O)O)n1-c1ccn(C)n1. The van der Waals surface area contributed by atoms with E-state index >= 15 is 0 Å². The molecule has 0 fully saturated rings. The molecule has 0 spiro atoms. The molecule has 0 radical (unpaired) electrons. The van der Waals surface area contributed by atoms with Crippen molar-refractivity contribution < 1.29 is 9.90 Å². The average Bonchev–Trinajstić information content (AvgIpc) is 2.93. The maximum Gasteiger partial charge on any atom is 0.313 e. The number of hydrogen-bond donors (Lipinski definition) is 1. The summed E-state index contributed by atoms with van der Waals surface area (Å²) in [5.74, 6) is 0.590. The van der Waals surface area contributed by atoms with Gasteiger partial charge in [-0.1, -0.05) is 18.7 Å². The van der Waals surface area contributed by atoms with E-state index in [1.54, 1.807) is 4.68 Å². The standard InChI is InChI=1S/C11H15N5O2S/c1-3-4-8-12-13-11(19-7-10(17)18)16(8)9-5-6-15(2)14-9/h5-6H,3-4,7H2,1-2H3,(H,17,18). The van der Waals surface area contributed by atoms with Crippen molar-refractivity contribution >= 4 is 17.7 Å². The zero-order valence-electron chi connectivity index (χ0n) is 10.8. The van der Waals surface area contributed by atoms with Crippen LogP contribution in [0.4, 0.5) is 0 Å². The molecule has 2 aromatic rings. The first-order valence-corrected chi connectivity index (χ1v) is 6.89. The first kappa shape index (κ1) is 13.6. The molecule has 7 nitrogen and oxygen atoms in total. The number of carboxylic acids is 1. The molecule has 0 unspecified atom stereocenters. The van der Waals surface area contributed by atoms with Gasteiger partial charge >= 0.3 is 5.97 Å². The molecule has 2 rings (SSSR count). The number of rotatable bonds is 6. The Hall–Kier alpha value is -1.83. The normalized spacial score (nSPS) is 10.8. The van der Waals surface area contributed by atoms with Crippen LogP contribution in [-0.2, 0) is 18.3 Å². The highest BCUT2D eigenvalue weighted by Gasteiger charge is 2.16. The van der Waals surface area contributed by atoms with E-state index in [2.05, 4.69) is 22.2 Å². The Morgan fingerprint density at radius 2 is 2.26 bits per heavy atom. The van der Waals surface area contributed by atoms with Crippen molar-refractivity contribution in [3.05, 3.63) is 18.1 Å². The van der Waals surface area contributed by atoms with Gasteiger partial charge in [-0.25, -0.2) is 0 Å². The Kier molecular flexibility index (Phi) is 4.20. The third-order valence-corrected chi connectivity index (χ3v) is 3.34. The van der Waals surface area contributed by atoms with Gasteiger partial charge in [-0.2, -0.15) is 5.10 Å². The van der Waals surface area contributed by atoms with E-state index in [1.807, 2.05) is 23.9 Å². The highest BCUT2D eigenvalue weighted by molar-refractivity contribution is 7.99. The maximum absolute atomic E-state index is 10.7. The van der Waals surface area contributed by atoms with Gasteiger partial charge in [0, 0.05) is 25.7 Å². The van der Waals surface area contributed by atoms with E-state index in [1.165, 1.54) is 0 Å². The molecular formula is C11H15N5O2S. The van der Waals surface area contributed by atoms with Crippen LogP contribution in [0.5, 0.6) is 0 Å². The molecule has 0 aromatic carbocycles. The van der Waals surface area contributed by atoms with Crippen LogP contribution in [0.2, 0.25) is 0 Å². The van der Waals surface area contributed by atoms with Crippen molar-refractivity contribution in [3.8, 4) is 5.82 Å². The summed E-state index contributed by atoms with van der Waals surface area (Å²) in [5.41, 5.74) is 0. The lowest BCUT2D eigenvalue weighted by Crippen LogP contribution is -2.06. The molecule has 0 bridgehead atoms. The molecular weight excluding hydrogens is 266 g/mol. The second-order valence-electron chi connectivity index (χ2n) is 4.01. The Labute approximate surface area is 114 Å². The lowest BCUT2D eigenvalue weighted by atomic mass is 10.3. The Balaban J connectivity index is 2.35. The van der Waals surface area contributed by atoms with Crippen molar-refractivity contribution in [2.75, 3.05) is 5.75 Å². The summed E-state index contributed by atoms with van der Waals surface area (Å²) in [6.07, 6.45) is 3.54. The molecule has 8 heteroatoms. The van der Waals surface area contributed by atoms with Crippen LogP contribution in [0.15, 0.2) is 17.4 Å². The van der Waals surface area contributed by atoms with Crippen molar-refractivity contribution in [2.24, 2.45) is 7.05 Å². The minimum Gasteiger partial charge on any atom is -0.481 e. The van der Waals surface area contributed by atoms with Crippen LogP contribution in [-0.4, -0.2) is 41.4 Å². The lowest BCUT2D eigenvalue weighted by Gasteiger charge is -2.05. The van der Waals surface area contributed by atoms with Gasteiger partial charge in [-0.05, 0) is 6.42 Å². The van der Waals surface area contributed by atoms with Crippen molar-refractivity contribution in [1.29, 1.82) is 0 Å². The van der Waals surface area contributed by atoms with Crippen LogP contribution in [0.3, 0.4) is 0 Å². The Morgan fingerprint density at radius 1 is 1.47 bits per heavy atom. The number of hydrogen-bond acceptors (Lipinski definition) is 5. The predicted octanol–water partition coefficient (Wildman–Crippen LogP) is 1.13. The average molecular weight is 281 g/mol. The van der Waals surface area contributed by atoms with Gasteiger partial charge in [0.25, 0.3) is 0 Å². The zero-order valence-corrected chi connectivity index (χ0v) is 11.6. The van der Waals surface area contributed by atoms with E-state index in [4.69, 9.17) is 5.11 Å². The number of thioether (sulfide) groups is 1. The first-order valence-electron chi connectivity index (χ1n) is 5.90. The highest BCUT2D eigenvalue weighted by Crippen LogP contribution is 2.21. The number of aryl methyl sites for hydroxylation is 2. The number of carbonyl (C=O) groups is 1. The molecule has 2 heterocycles. The third kappa shape index (κ3) is 3.14. The summed E-state index contributed by atoms with van der Waals surface area (Å²) in [5, 5.41) is 21.8. The van der Waals surface area contributed by atoms with Gasteiger partial charge in [0.1, 0.15) is 5.82 Å². The van der Waals surface area contributed by atoms with Crippen LogP contribution in [0, 0.1) is 0 Å². The monoisotopic (exact) mass is 281 g/mol. The molecule has 2 aromatic heterocycles. The second-order valence-corrected chi connectivity index (χ2v) is 4.96. The molecule has 0 saturated heterocycles. The fraction of sp³-hybridized carbons (Fsp3) is 0.455. The van der Waals surface area contributed by atoms with Gasteiger partial charge < -0.3 is 5.11 Å². The fourth-order valence-electron chi connectivity index (χ4n) is 1.66. The molecule has 0 amide bonds. The van der Waals surface area contributed by atoms with Crippen LogP contribution in [0.25, 0.3) is 5.82 Å². The van der Waals surface area contributed by atoms with Crippen molar-refractivity contribution in [1.82, 2.24) is 24.5 Å². The molecule has 19 heavy (non-hydrogen) atoms. The summed E-state index contributed by atoms with van der Waals surface area (Å²) in [6, 6.07) is 1.85. The van der Waals surface area contributed by atoms with E-state index in [0.29, 0.717) is 11.0 Å². The van der Waals surface area contributed by atoms with Crippen LogP contribution in [0.1, 0.15) is 19.2 Å². The van der Waals surface area contributed by atoms with E-state index in [-0.39, 0.29) is 5.75 Å². The summed E-state index contributed by atoms with van der Waals surface area (Å²) in [7, 11) is 1.83. The molecule has 0 aliphatic carbocycles. The quantitative estimate of drug-likeness (QED) is 0.799. The first-order chi connectivity index (χ1) is 9.11. The highest BCUT2D eigenvalue weighted by atomic mass is 32.2. The van der Waals surface area contributed by atoms with Gasteiger partial charge in [0.15, 0.2) is 11.0 Å². The fourth-order valence-corrected chi connectivity index (χ4v) is 2.34.